The van der Waals surface area contributed by atoms with Crippen molar-refractivity contribution in [2.24, 2.45) is 0 Å². The summed E-state index contributed by atoms with van der Waals surface area (Å²) in [6.45, 7) is 1.34. The average Bonchev–Trinajstić information content (AvgIpc) is 2.07. The van der Waals surface area contributed by atoms with Gasteiger partial charge in [0.15, 0.2) is 0 Å². The van der Waals surface area contributed by atoms with Crippen LogP contribution in [0.4, 0.5) is 4.39 Å². The molecule has 0 heterocycles. The molecule has 0 saturated heterocycles. The predicted octanol–water partition coefficient (Wildman–Crippen LogP) is 2.16. The summed E-state index contributed by atoms with van der Waals surface area (Å²) in [5.41, 5.74) is -1.28. The van der Waals surface area contributed by atoms with E-state index in [1.54, 1.807) is 0 Å². The summed E-state index contributed by atoms with van der Waals surface area (Å²) in [4.78, 5) is 10.5. The molecule has 1 rings (SSSR count). The second kappa shape index (κ2) is 4.16. The van der Waals surface area contributed by atoms with E-state index in [-0.39, 0.29) is 10.6 Å². The van der Waals surface area contributed by atoms with Gasteiger partial charge in [-0.1, -0.05) is 17.7 Å². The summed E-state index contributed by atoms with van der Waals surface area (Å²) in [7, 11) is 0. The molecule has 0 aliphatic rings. The number of carbonyl (C=O) groups is 1. The van der Waals surface area contributed by atoms with Crippen LogP contribution in [0.25, 0.3) is 0 Å². The summed E-state index contributed by atoms with van der Waals surface area (Å²) in [6, 6.07) is 3.62. The van der Waals surface area contributed by atoms with Gasteiger partial charge in [-0.25, -0.2) is 4.39 Å². The Morgan fingerprint density at radius 3 is 2.67 bits per heavy atom. The van der Waals surface area contributed by atoms with Crippen molar-refractivity contribution in [2.45, 2.75) is 18.9 Å². The topological polar surface area (TPSA) is 57.5 Å². The Morgan fingerprint density at radius 2 is 2.20 bits per heavy atom. The Kier molecular flexibility index (Phi) is 3.31. The number of hydrogen-bond donors (Lipinski definition) is 2. The Hall–Kier alpha value is -1.13. The summed E-state index contributed by atoms with van der Waals surface area (Å²) in [5, 5.41) is 18.2. The van der Waals surface area contributed by atoms with Crippen molar-refractivity contribution in [2.75, 3.05) is 0 Å². The first kappa shape index (κ1) is 11.9. The van der Waals surface area contributed by atoms with Crippen LogP contribution >= 0.6 is 11.6 Å². The van der Waals surface area contributed by atoms with Gasteiger partial charge >= 0.3 is 5.97 Å². The van der Waals surface area contributed by atoms with E-state index in [9.17, 15) is 14.3 Å². The van der Waals surface area contributed by atoms with Gasteiger partial charge in [-0.05, 0) is 24.6 Å². The maximum Gasteiger partial charge on any atom is 0.306 e. The van der Waals surface area contributed by atoms with E-state index in [1.165, 1.54) is 19.1 Å². The molecular formula is C10H10ClFO3. The first-order valence-electron chi connectivity index (χ1n) is 4.22. The van der Waals surface area contributed by atoms with Crippen molar-refractivity contribution in [3.8, 4) is 0 Å². The number of carboxylic acid groups (broad SMARTS) is 1. The van der Waals surface area contributed by atoms with Gasteiger partial charge in [-0.2, -0.15) is 0 Å². The summed E-state index contributed by atoms with van der Waals surface area (Å²) < 4.78 is 12.8. The Bertz CT molecular complexity index is 390. The molecule has 0 bridgehead atoms. The molecule has 0 aliphatic heterocycles. The first-order valence-corrected chi connectivity index (χ1v) is 4.60. The van der Waals surface area contributed by atoms with E-state index >= 15 is 0 Å². The fourth-order valence-electron chi connectivity index (χ4n) is 1.23. The van der Waals surface area contributed by atoms with Gasteiger partial charge in [0.2, 0.25) is 0 Å². The van der Waals surface area contributed by atoms with Crippen LogP contribution in [0.3, 0.4) is 0 Å². The van der Waals surface area contributed by atoms with Gasteiger partial charge in [0.1, 0.15) is 5.82 Å². The second-order valence-electron chi connectivity index (χ2n) is 3.47. The molecule has 0 aliphatic carbocycles. The molecule has 0 fully saturated rings. The van der Waals surface area contributed by atoms with Crippen LogP contribution in [0.15, 0.2) is 18.2 Å². The minimum atomic E-state index is -1.55. The van der Waals surface area contributed by atoms with E-state index in [4.69, 9.17) is 16.7 Å². The van der Waals surface area contributed by atoms with Crippen molar-refractivity contribution in [3.05, 3.63) is 34.6 Å². The van der Waals surface area contributed by atoms with Crippen molar-refractivity contribution in [1.29, 1.82) is 0 Å². The van der Waals surface area contributed by atoms with Crippen molar-refractivity contribution in [1.82, 2.24) is 0 Å². The lowest BCUT2D eigenvalue weighted by Gasteiger charge is -2.21. The van der Waals surface area contributed by atoms with Gasteiger partial charge < -0.3 is 10.2 Å². The quantitative estimate of drug-likeness (QED) is 0.840. The van der Waals surface area contributed by atoms with E-state index in [0.29, 0.717) is 0 Å². The zero-order chi connectivity index (χ0) is 11.6. The lowest BCUT2D eigenvalue weighted by atomic mass is 9.93. The summed E-state index contributed by atoms with van der Waals surface area (Å²) in [6.07, 6.45) is -0.463. The highest BCUT2D eigenvalue weighted by atomic mass is 35.5. The maximum absolute atomic E-state index is 12.8. The van der Waals surface area contributed by atoms with Gasteiger partial charge in [-0.3, -0.25) is 4.79 Å². The van der Waals surface area contributed by atoms with E-state index in [2.05, 4.69) is 0 Å². The smallest absolute Gasteiger partial charge is 0.306 e. The van der Waals surface area contributed by atoms with E-state index in [0.717, 1.165) is 6.07 Å². The molecule has 0 spiro atoms. The highest BCUT2D eigenvalue weighted by Gasteiger charge is 2.27. The van der Waals surface area contributed by atoms with Crippen LogP contribution in [0, 0.1) is 5.82 Å². The number of carboxylic acids is 1. The SMILES string of the molecule is CC(O)(CC(=O)O)c1ccc(F)c(Cl)c1. The number of rotatable bonds is 3. The maximum atomic E-state index is 12.8. The second-order valence-corrected chi connectivity index (χ2v) is 3.88. The molecule has 1 aromatic carbocycles. The number of benzene rings is 1. The molecule has 0 radical (unpaired) electrons. The largest absolute Gasteiger partial charge is 0.481 e. The normalized spacial score (nSPS) is 14.7. The molecule has 1 atom stereocenters. The third-order valence-electron chi connectivity index (χ3n) is 2.04. The number of halogens is 2. The number of aliphatic carboxylic acids is 1. The first-order chi connectivity index (χ1) is 6.83. The zero-order valence-electron chi connectivity index (χ0n) is 8.00. The van der Waals surface area contributed by atoms with Crippen LogP contribution in [0.1, 0.15) is 18.9 Å². The molecule has 0 saturated carbocycles. The fourth-order valence-corrected chi connectivity index (χ4v) is 1.41. The molecule has 15 heavy (non-hydrogen) atoms. The molecular weight excluding hydrogens is 223 g/mol. The van der Waals surface area contributed by atoms with Crippen molar-refractivity contribution >= 4 is 17.6 Å². The third-order valence-corrected chi connectivity index (χ3v) is 2.33. The predicted molar refractivity (Wildman–Crippen MR) is 53.2 cm³/mol. The lowest BCUT2D eigenvalue weighted by molar-refractivity contribution is -0.142. The molecule has 0 amide bonds. The molecule has 3 nitrogen and oxygen atoms in total. The molecule has 1 unspecified atom stereocenters. The average molecular weight is 233 g/mol. The molecule has 2 N–H and O–H groups in total. The van der Waals surface area contributed by atoms with Crippen molar-refractivity contribution < 1.29 is 19.4 Å². The van der Waals surface area contributed by atoms with Gasteiger partial charge in [0, 0.05) is 0 Å². The standard InChI is InChI=1S/C10H10ClFO3/c1-10(15,5-9(13)14)6-2-3-8(12)7(11)4-6/h2-4,15H,5H2,1H3,(H,13,14). The third kappa shape index (κ3) is 2.91. The minimum Gasteiger partial charge on any atom is -0.481 e. The number of hydrogen-bond acceptors (Lipinski definition) is 2. The molecule has 82 valence electrons. The molecule has 0 aromatic heterocycles. The number of aliphatic hydroxyl groups is 1. The Balaban J connectivity index is 3.04. The summed E-state index contributed by atoms with van der Waals surface area (Å²) in [5.74, 6) is -1.74. The Morgan fingerprint density at radius 1 is 1.60 bits per heavy atom. The van der Waals surface area contributed by atoms with Gasteiger partial charge in [0.05, 0.1) is 17.0 Å². The van der Waals surface area contributed by atoms with Gasteiger partial charge in [-0.15, -0.1) is 0 Å². The highest BCUT2D eigenvalue weighted by Crippen LogP contribution is 2.27. The zero-order valence-corrected chi connectivity index (χ0v) is 8.75. The van der Waals surface area contributed by atoms with Crippen molar-refractivity contribution in [3.63, 3.8) is 0 Å². The van der Waals surface area contributed by atoms with Crippen LogP contribution in [0.5, 0.6) is 0 Å². The van der Waals surface area contributed by atoms with E-state index < -0.39 is 23.8 Å². The van der Waals surface area contributed by atoms with E-state index in [1.807, 2.05) is 0 Å². The monoisotopic (exact) mass is 232 g/mol. The summed E-state index contributed by atoms with van der Waals surface area (Å²) >= 11 is 5.52. The van der Waals surface area contributed by atoms with Crippen LogP contribution in [-0.4, -0.2) is 16.2 Å². The minimum absolute atomic E-state index is 0.141. The molecule has 1 aromatic rings. The Labute approximate surface area is 91.1 Å². The van der Waals surface area contributed by atoms with Gasteiger partial charge in [0.25, 0.3) is 0 Å². The van der Waals surface area contributed by atoms with Crippen LogP contribution < -0.4 is 0 Å². The van der Waals surface area contributed by atoms with Crippen LogP contribution in [-0.2, 0) is 10.4 Å². The fraction of sp³-hybridized carbons (Fsp3) is 0.300. The highest BCUT2D eigenvalue weighted by molar-refractivity contribution is 6.30. The molecule has 5 heteroatoms. The van der Waals surface area contributed by atoms with Crippen LogP contribution in [0.2, 0.25) is 5.02 Å². The lowest BCUT2D eigenvalue weighted by Crippen LogP contribution is -2.25.